The van der Waals surface area contributed by atoms with Gasteiger partial charge in [0, 0.05) is 12.5 Å². The second kappa shape index (κ2) is 3.85. The van der Waals surface area contributed by atoms with Gasteiger partial charge in [-0.25, -0.2) is 0 Å². The van der Waals surface area contributed by atoms with E-state index in [9.17, 15) is 4.79 Å². The van der Waals surface area contributed by atoms with Crippen LogP contribution in [0.25, 0.3) is 0 Å². The minimum absolute atomic E-state index is 0.0972. The third kappa shape index (κ3) is 2.15. The number of ketones is 1. The second-order valence-electron chi connectivity index (χ2n) is 2.87. The molecule has 1 aromatic carbocycles. The number of hydrogen-bond acceptors (Lipinski definition) is 3. The maximum absolute atomic E-state index is 11.0. The van der Waals surface area contributed by atoms with Gasteiger partial charge in [-0.15, -0.1) is 0 Å². The van der Waals surface area contributed by atoms with Crippen molar-refractivity contribution < 1.29 is 10.0 Å². The molecule has 1 N–H and O–H groups in total. The van der Waals surface area contributed by atoms with Crippen molar-refractivity contribution in [3.05, 3.63) is 35.4 Å². The Morgan fingerprint density at radius 2 is 1.85 bits per heavy atom. The first-order chi connectivity index (χ1) is 6.15. The molecule has 0 heterocycles. The Morgan fingerprint density at radius 3 is 2.23 bits per heavy atom. The molecule has 0 aliphatic carbocycles. The lowest BCUT2D eigenvalue weighted by Crippen LogP contribution is -2.11. The zero-order valence-electron chi connectivity index (χ0n) is 7.61. The zero-order valence-corrected chi connectivity index (χ0v) is 7.61. The number of hydrogen-bond donors (Lipinski definition) is 1. The summed E-state index contributed by atoms with van der Waals surface area (Å²) in [6, 6.07) is 7.24. The quantitative estimate of drug-likeness (QED) is 0.425. The fraction of sp³-hybridized carbons (Fsp3) is 0.200. The Kier molecular flexibility index (Phi) is 2.80. The molecule has 0 fully saturated rings. The molecule has 0 aromatic heterocycles. The molecule has 3 nitrogen and oxygen atoms in total. The molecule has 1 aromatic rings. The van der Waals surface area contributed by atoms with E-state index in [-0.39, 0.29) is 11.5 Å². The molecular weight excluding hydrogens is 166 g/mol. The van der Waals surface area contributed by atoms with Crippen LogP contribution in [-0.2, 0) is 4.79 Å². The van der Waals surface area contributed by atoms with Crippen LogP contribution in [0.5, 0.6) is 0 Å². The maximum Gasteiger partial charge on any atom is 0.182 e. The van der Waals surface area contributed by atoms with E-state index in [0.29, 0.717) is 5.56 Å². The molecule has 0 saturated heterocycles. The minimum atomic E-state index is -0.244. The Balaban J connectivity index is 3.07. The fourth-order valence-corrected chi connectivity index (χ4v) is 1.04. The molecule has 0 saturated carbocycles. The van der Waals surface area contributed by atoms with Gasteiger partial charge in [0.05, 0.1) is 0 Å². The molecule has 0 aliphatic rings. The van der Waals surface area contributed by atoms with Crippen LogP contribution < -0.4 is 0 Å². The van der Waals surface area contributed by atoms with Crippen LogP contribution >= 0.6 is 0 Å². The summed E-state index contributed by atoms with van der Waals surface area (Å²) in [7, 11) is 0. The number of carbonyl (C=O) groups excluding carboxylic acids is 1. The van der Waals surface area contributed by atoms with Crippen LogP contribution in [0.3, 0.4) is 0 Å². The predicted octanol–water partition coefficient (Wildman–Crippen LogP) is 1.76. The topological polar surface area (TPSA) is 49.7 Å². The highest BCUT2D eigenvalue weighted by Crippen LogP contribution is 2.05. The lowest BCUT2D eigenvalue weighted by atomic mass is 10.1. The van der Waals surface area contributed by atoms with E-state index in [1.54, 1.807) is 12.1 Å². The number of nitrogens with zero attached hydrogens (tertiary/aromatic N) is 1. The van der Waals surface area contributed by atoms with Gasteiger partial charge in [0.1, 0.15) is 0 Å². The highest BCUT2D eigenvalue weighted by atomic mass is 16.4. The highest BCUT2D eigenvalue weighted by molar-refractivity contribution is 6.45. The minimum Gasteiger partial charge on any atom is -0.410 e. The van der Waals surface area contributed by atoms with Crippen LogP contribution in [-0.4, -0.2) is 16.7 Å². The summed E-state index contributed by atoms with van der Waals surface area (Å²) in [5, 5.41) is 11.5. The molecule has 0 radical (unpaired) electrons. The molecule has 68 valence electrons. The van der Waals surface area contributed by atoms with Crippen molar-refractivity contribution in [2.24, 2.45) is 5.16 Å². The smallest absolute Gasteiger partial charge is 0.182 e. The van der Waals surface area contributed by atoms with Gasteiger partial charge < -0.3 is 5.21 Å². The third-order valence-corrected chi connectivity index (χ3v) is 1.76. The van der Waals surface area contributed by atoms with Gasteiger partial charge in [0.2, 0.25) is 0 Å². The number of oxime groups is 1. The van der Waals surface area contributed by atoms with Crippen LogP contribution in [0.1, 0.15) is 18.1 Å². The van der Waals surface area contributed by atoms with Crippen molar-refractivity contribution in [2.45, 2.75) is 13.8 Å². The molecule has 13 heavy (non-hydrogen) atoms. The van der Waals surface area contributed by atoms with E-state index in [0.717, 1.165) is 5.56 Å². The van der Waals surface area contributed by atoms with E-state index < -0.39 is 0 Å². The average molecular weight is 177 g/mol. The summed E-state index contributed by atoms with van der Waals surface area (Å²) < 4.78 is 0. The Labute approximate surface area is 76.7 Å². The van der Waals surface area contributed by atoms with Crippen molar-refractivity contribution >= 4 is 11.5 Å². The van der Waals surface area contributed by atoms with Crippen molar-refractivity contribution in [1.82, 2.24) is 0 Å². The predicted molar refractivity (Wildman–Crippen MR) is 50.2 cm³/mol. The van der Waals surface area contributed by atoms with E-state index in [4.69, 9.17) is 5.21 Å². The number of Topliss-reactive ketones (excluding diaryl/α,β-unsaturated/α-hetero) is 1. The summed E-state index contributed by atoms with van der Waals surface area (Å²) in [4.78, 5) is 11.0. The highest BCUT2D eigenvalue weighted by Gasteiger charge is 2.08. The van der Waals surface area contributed by atoms with Crippen LogP contribution in [0, 0.1) is 6.92 Å². The van der Waals surface area contributed by atoms with Gasteiger partial charge >= 0.3 is 0 Å². The first-order valence-electron chi connectivity index (χ1n) is 3.95. The molecule has 0 atom stereocenters. The van der Waals surface area contributed by atoms with E-state index >= 15 is 0 Å². The molecule has 0 spiro atoms. The molecule has 0 unspecified atom stereocenters. The van der Waals surface area contributed by atoms with Gasteiger partial charge in [-0.05, 0) is 6.92 Å². The molecule has 1 rings (SSSR count). The molecule has 0 amide bonds. The fourth-order valence-electron chi connectivity index (χ4n) is 1.04. The van der Waals surface area contributed by atoms with Gasteiger partial charge in [-0.2, -0.15) is 0 Å². The zero-order chi connectivity index (χ0) is 9.84. The summed E-state index contributed by atoms with van der Waals surface area (Å²) in [5.41, 5.74) is 1.84. The second-order valence-corrected chi connectivity index (χ2v) is 2.87. The van der Waals surface area contributed by atoms with Gasteiger partial charge in [0.25, 0.3) is 0 Å². The number of carbonyl (C=O) groups is 1. The first kappa shape index (κ1) is 9.45. The average Bonchev–Trinajstić information content (AvgIpc) is 2.09. The lowest BCUT2D eigenvalue weighted by Gasteiger charge is -2.00. The van der Waals surface area contributed by atoms with Crippen molar-refractivity contribution in [2.75, 3.05) is 0 Å². The number of benzene rings is 1. The summed E-state index contributed by atoms with van der Waals surface area (Å²) in [6.07, 6.45) is 0. The summed E-state index contributed by atoms with van der Waals surface area (Å²) in [5.74, 6) is -0.244. The number of rotatable bonds is 2. The Morgan fingerprint density at radius 1 is 1.31 bits per heavy atom. The number of aryl methyl sites for hydroxylation is 1. The van der Waals surface area contributed by atoms with Gasteiger partial charge in [-0.3, -0.25) is 4.79 Å². The largest absolute Gasteiger partial charge is 0.410 e. The standard InChI is InChI=1S/C10H11NO2/c1-7-3-5-9(6-4-7)10(11-13)8(2)12/h3-6,13H,1-2H3/b11-10+. The van der Waals surface area contributed by atoms with Crippen molar-refractivity contribution in [3.63, 3.8) is 0 Å². The van der Waals surface area contributed by atoms with Crippen molar-refractivity contribution in [1.29, 1.82) is 0 Å². The van der Waals surface area contributed by atoms with Crippen molar-refractivity contribution in [3.8, 4) is 0 Å². The first-order valence-corrected chi connectivity index (χ1v) is 3.95. The maximum atomic E-state index is 11.0. The molecule has 0 bridgehead atoms. The summed E-state index contributed by atoms with van der Waals surface area (Å²) in [6.45, 7) is 3.32. The molecule has 0 aliphatic heterocycles. The van der Waals surface area contributed by atoms with Gasteiger partial charge in [-0.1, -0.05) is 35.0 Å². The Bertz CT molecular complexity index is 338. The third-order valence-electron chi connectivity index (χ3n) is 1.76. The van der Waals surface area contributed by atoms with Crippen LogP contribution in [0.2, 0.25) is 0 Å². The summed E-state index contributed by atoms with van der Waals surface area (Å²) >= 11 is 0. The van der Waals surface area contributed by atoms with E-state index in [2.05, 4.69) is 5.16 Å². The van der Waals surface area contributed by atoms with E-state index in [1.165, 1.54) is 6.92 Å². The lowest BCUT2D eigenvalue weighted by molar-refractivity contribution is -0.111. The van der Waals surface area contributed by atoms with Crippen LogP contribution in [0.15, 0.2) is 29.4 Å². The van der Waals surface area contributed by atoms with Crippen LogP contribution in [0.4, 0.5) is 0 Å². The molecular formula is C10H11NO2. The normalized spacial score (nSPS) is 11.4. The Hall–Kier alpha value is -1.64. The monoisotopic (exact) mass is 177 g/mol. The van der Waals surface area contributed by atoms with Gasteiger partial charge in [0.15, 0.2) is 11.5 Å². The molecule has 3 heteroatoms. The SMILES string of the molecule is CC(=O)/C(=N\O)c1ccc(C)cc1. The van der Waals surface area contributed by atoms with E-state index in [1.807, 2.05) is 19.1 Å².